The summed E-state index contributed by atoms with van der Waals surface area (Å²) < 4.78 is 18.4. The van der Waals surface area contributed by atoms with Gasteiger partial charge in [0.25, 0.3) is 0 Å². The van der Waals surface area contributed by atoms with Gasteiger partial charge in [0, 0.05) is 13.0 Å². The molecule has 0 bridgehead atoms. The van der Waals surface area contributed by atoms with Gasteiger partial charge in [-0.2, -0.15) is 0 Å². The smallest absolute Gasteiger partial charge is 0.142 e. The highest BCUT2D eigenvalue weighted by atomic mass is 19.1. The molecule has 0 aliphatic rings. The minimum absolute atomic E-state index is 0.330. The second-order valence-corrected chi connectivity index (χ2v) is 2.97. The van der Waals surface area contributed by atoms with Crippen LogP contribution in [-0.2, 0) is 0 Å². The van der Waals surface area contributed by atoms with Crippen molar-refractivity contribution in [1.29, 1.82) is 0 Å². The maximum atomic E-state index is 13.3. The lowest BCUT2D eigenvalue weighted by molar-refractivity contribution is 0.409. The summed E-state index contributed by atoms with van der Waals surface area (Å²) in [6.45, 7) is 0.795. The van der Waals surface area contributed by atoms with E-state index in [0.717, 1.165) is 6.54 Å². The van der Waals surface area contributed by atoms with Crippen molar-refractivity contribution in [3.05, 3.63) is 29.6 Å². The largest absolute Gasteiger partial charge is 0.495 e. The molecule has 0 amide bonds. The van der Waals surface area contributed by atoms with Crippen molar-refractivity contribution in [3.63, 3.8) is 0 Å². The molecular weight excluding hydrogens is 193 g/mol. The second kappa shape index (κ2) is 6.05. The summed E-state index contributed by atoms with van der Waals surface area (Å²) >= 11 is 0. The van der Waals surface area contributed by atoms with E-state index >= 15 is 0 Å². The lowest BCUT2D eigenvalue weighted by Crippen LogP contribution is -2.05. The molecule has 0 radical (unpaired) electrons. The number of methoxy groups -OCH3 is 1. The van der Waals surface area contributed by atoms with E-state index in [2.05, 4.69) is 17.2 Å². The van der Waals surface area contributed by atoms with Crippen LogP contribution in [0.3, 0.4) is 0 Å². The number of hydrogen-bond acceptors (Lipinski definition) is 2. The SMILES string of the molecule is CNCCC#Cc1c(F)cccc1OC. The summed E-state index contributed by atoms with van der Waals surface area (Å²) in [4.78, 5) is 0. The van der Waals surface area contributed by atoms with E-state index in [4.69, 9.17) is 4.74 Å². The van der Waals surface area contributed by atoms with E-state index in [0.29, 0.717) is 17.7 Å². The molecule has 1 aromatic rings. The molecule has 80 valence electrons. The minimum Gasteiger partial charge on any atom is -0.495 e. The van der Waals surface area contributed by atoms with Crippen molar-refractivity contribution in [3.8, 4) is 17.6 Å². The van der Waals surface area contributed by atoms with Crippen molar-refractivity contribution in [1.82, 2.24) is 5.32 Å². The Morgan fingerprint density at radius 3 is 2.93 bits per heavy atom. The standard InChI is InChI=1S/C12H14FNO/c1-14-9-4-3-6-10-11(13)7-5-8-12(10)15-2/h5,7-8,14H,4,9H2,1-2H3. The lowest BCUT2D eigenvalue weighted by Gasteiger charge is -2.02. The zero-order valence-corrected chi connectivity index (χ0v) is 8.93. The van der Waals surface area contributed by atoms with Crippen LogP contribution in [-0.4, -0.2) is 20.7 Å². The first-order valence-corrected chi connectivity index (χ1v) is 4.75. The normalized spacial score (nSPS) is 9.27. The first-order valence-electron chi connectivity index (χ1n) is 4.75. The highest BCUT2D eigenvalue weighted by molar-refractivity contribution is 5.46. The molecule has 0 saturated carbocycles. The van der Waals surface area contributed by atoms with Gasteiger partial charge >= 0.3 is 0 Å². The molecule has 0 aromatic heterocycles. The number of benzene rings is 1. The van der Waals surface area contributed by atoms with Gasteiger partial charge in [0.2, 0.25) is 0 Å². The van der Waals surface area contributed by atoms with Gasteiger partial charge in [0.1, 0.15) is 17.1 Å². The third kappa shape index (κ3) is 3.26. The monoisotopic (exact) mass is 207 g/mol. The van der Waals surface area contributed by atoms with Gasteiger partial charge in [-0.05, 0) is 19.2 Å². The maximum absolute atomic E-state index is 13.3. The van der Waals surface area contributed by atoms with Gasteiger partial charge in [-0.3, -0.25) is 0 Å². The van der Waals surface area contributed by atoms with Crippen molar-refractivity contribution < 1.29 is 9.13 Å². The number of halogens is 1. The van der Waals surface area contributed by atoms with E-state index < -0.39 is 0 Å². The minimum atomic E-state index is -0.341. The zero-order valence-electron chi connectivity index (χ0n) is 8.93. The number of nitrogens with one attached hydrogen (secondary N) is 1. The van der Waals surface area contributed by atoms with Crippen molar-refractivity contribution in [2.24, 2.45) is 0 Å². The Balaban J connectivity index is 2.85. The van der Waals surface area contributed by atoms with Gasteiger partial charge in [0.15, 0.2) is 0 Å². The summed E-state index contributed by atoms with van der Waals surface area (Å²) in [6.07, 6.45) is 0.688. The average molecular weight is 207 g/mol. The highest BCUT2D eigenvalue weighted by Crippen LogP contribution is 2.19. The molecule has 0 atom stereocenters. The highest BCUT2D eigenvalue weighted by Gasteiger charge is 2.04. The fraction of sp³-hybridized carbons (Fsp3) is 0.333. The summed E-state index contributed by atoms with van der Waals surface area (Å²) in [6, 6.07) is 4.68. The fourth-order valence-electron chi connectivity index (χ4n) is 1.13. The third-order valence-corrected chi connectivity index (χ3v) is 1.91. The maximum Gasteiger partial charge on any atom is 0.142 e. The molecule has 0 heterocycles. The molecule has 0 fully saturated rings. The van der Waals surface area contributed by atoms with E-state index in [1.807, 2.05) is 7.05 Å². The van der Waals surface area contributed by atoms with Crippen molar-refractivity contribution in [2.75, 3.05) is 20.7 Å². The van der Waals surface area contributed by atoms with Crippen LogP contribution in [0.15, 0.2) is 18.2 Å². The molecule has 0 unspecified atom stereocenters. The Hall–Kier alpha value is -1.53. The molecule has 0 aliphatic carbocycles. The summed E-state index contributed by atoms with van der Waals surface area (Å²) in [5.74, 6) is 5.80. The predicted molar refractivity (Wildman–Crippen MR) is 58.4 cm³/mol. The van der Waals surface area contributed by atoms with Gasteiger partial charge in [-0.15, -0.1) is 0 Å². The van der Waals surface area contributed by atoms with Crippen LogP contribution in [0.5, 0.6) is 5.75 Å². The summed E-state index contributed by atoms with van der Waals surface area (Å²) in [5.41, 5.74) is 0.330. The van der Waals surface area contributed by atoms with Crippen molar-refractivity contribution in [2.45, 2.75) is 6.42 Å². The predicted octanol–water partition coefficient (Wildman–Crippen LogP) is 1.80. The Labute approximate surface area is 89.4 Å². The van der Waals surface area contributed by atoms with Crippen LogP contribution in [0.2, 0.25) is 0 Å². The summed E-state index contributed by atoms with van der Waals surface area (Å²) in [5, 5.41) is 2.97. The van der Waals surface area contributed by atoms with Crippen LogP contribution >= 0.6 is 0 Å². The first-order chi connectivity index (χ1) is 7.29. The van der Waals surface area contributed by atoms with E-state index in [1.165, 1.54) is 13.2 Å². The van der Waals surface area contributed by atoms with E-state index in [-0.39, 0.29) is 5.82 Å². The fourth-order valence-corrected chi connectivity index (χ4v) is 1.13. The second-order valence-electron chi connectivity index (χ2n) is 2.97. The zero-order chi connectivity index (χ0) is 11.1. The number of hydrogen-bond donors (Lipinski definition) is 1. The molecule has 15 heavy (non-hydrogen) atoms. The van der Waals surface area contributed by atoms with Gasteiger partial charge in [0.05, 0.1) is 7.11 Å². The van der Waals surface area contributed by atoms with Crippen LogP contribution in [0.4, 0.5) is 4.39 Å². The Morgan fingerprint density at radius 1 is 1.47 bits per heavy atom. The average Bonchev–Trinajstić information content (AvgIpc) is 2.26. The molecule has 3 heteroatoms. The number of rotatable bonds is 3. The van der Waals surface area contributed by atoms with E-state index in [1.54, 1.807) is 12.1 Å². The molecular formula is C12H14FNO. The molecule has 0 saturated heterocycles. The topological polar surface area (TPSA) is 21.3 Å². The van der Waals surface area contributed by atoms with Gasteiger partial charge in [-0.25, -0.2) is 4.39 Å². The molecule has 0 spiro atoms. The van der Waals surface area contributed by atoms with Gasteiger partial charge in [-0.1, -0.05) is 17.9 Å². The Bertz CT molecular complexity index is 379. The Morgan fingerprint density at radius 2 is 2.27 bits per heavy atom. The van der Waals surface area contributed by atoms with Gasteiger partial charge < -0.3 is 10.1 Å². The van der Waals surface area contributed by atoms with Crippen LogP contribution in [0.25, 0.3) is 0 Å². The van der Waals surface area contributed by atoms with E-state index in [9.17, 15) is 4.39 Å². The molecule has 1 N–H and O–H groups in total. The van der Waals surface area contributed by atoms with Crippen LogP contribution in [0, 0.1) is 17.7 Å². The van der Waals surface area contributed by atoms with Crippen molar-refractivity contribution >= 4 is 0 Å². The third-order valence-electron chi connectivity index (χ3n) is 1.91. The number of ether oxygens (including phenoxy) is 1. The molecule has 1 rings (SSSR count). The quantitative estimate of drug-likeness (QED) is 0.602. The molecule has 1 aromatic carbocycles. The summed E-state index contributed by atoms with van der Waals surface area (Å²) in [7, 11) is 3.36. The molecule has 0 aliphatic heterocycles. The van der Waals surface area contributed by atoms with Crippen LogP contribution < -0.4 is 10.1 Å². The molecule has 2 nitrogen and oxygen atoms in total. The Kier molecular flexibility index (Phi) is 4.65. The van der Waals surface area contributed by atoms with Crippen LogP contribution in [0.1, 0.15) is 12.0 Å². The lowest BCUT2D eigenvalue weighted by atomic mass is 10.2. The first kappa shape index (κ1) is 11.5.